The Kier molecular flexibility index (Phi) is 7.12. The molecule has 1 aliphatic heterocycles. The summed E-state index contributed by atoms with van der Waals surface area (Å²) in [5.74, 6) is -0.0340. The number of rotatable bonds is 7. The second-order valence-corrected chi connectivity index (χ2v) is 10.6. The molecule has 3 aromatic rings. The van der Waals surface area contributed by atoms with Crippen molar-refractivity contribution in [3.05, 3.63) is 77.9 Å². The summed E-state index contributed by atoms with van der Waals surface area (Å²) in [5, 5.41) is 5.05. The molecule has 0 aliphatic carbocycles. The number of carbonyl (C=O) groups is 1. The number of carbonyl (C=O) groups excluding carboxylic acids is 1. The fraction of sp³-hybridized carbons (Fsp3) is 0.346. The molecule has 0 spiro atoms. The first-order valence-electron chi connectivity index (χ1n) is 11.4. The zero-order chi connectivity index (χ0) is 23.4. The van der Waals surface area contributed by atoms with Crippen LogP contribution in [-0.2, 0) is 14.8 Å². The maximum Gasteiger partial charge on any atom is 0.243 e. The quantitative estimate of drug-likeness (QED) is 0.577. The molecule has 4 rings (SSSR count). The molecule has 6 nitrogen and oxygen atoms in total. The highest BCUT2D eigenvalue weighted by Gasteiger charge is 2.29. The number of aryl methyl sites for hydroxylation is 1. The molecule has 0 radical (unpaired) electrons. The van der Waals surface area contributed by atoms with Gasteiger partial charge in [0, 0.05) is 26.2 Å². The molecule has 1 atom stereocenters. The second-order valence-electron chi connectivity index (χ2n) is 8.63. The molecule has 3 aromatic carbocycles. The molecule has 1 aliphatic rings. The molecule has 0 bridgehead atoms. The van der Waals surface area contributed by atoms with Crippen molar-refractivity contribution in [1.29, 1.82) is 0 Å². The van der Waals surface area contributed by atoms with Crippen molar-refractivity contribution in [2.45, 2.75) is 31.2 Å². The van der Waals surface area contributed by atoms with Crippen molar-refractivity contribution in [3.8, 4) is 0 Å². The summed E-state index contributed by atoms with van der Waals surface area (Å²) in [6.07, 6.45) is 0.812. The minimum atomic E-state index is -3.56. The number of hydrogen-bond acceptors (Lipinski definition) is 4. The fourth-order valence-electron chi connectivity index (χ4n) is 4.27. The lowest BCUT2D eigenvalue weighted by atomic mass is 10.0. The Bertz CT molecular complexity index is 1220. The zero-order valence-electron chi connectivity index (χ0n) is 19.2. The van der Waals surface area contributed by atoms with E-state index in [1.165, 1.54) is 9.87 Å². The van der Waals surface area contributed by atoms with Gasteiger partial charge in [0.05, 0.1) is 17.5 Å². The van der Waals surface area contributed by atoms with E-state index in [2.05, 4.69) is 36.5 Å². The molecule has 0 unspecified atom stereocenters. The first kappa shape index (κ1) is 23.4. The van der Waals surface area contributed by atoms with Gasteiger partial charge in [-0.05, 0) is 41.8 Å². The number of fused-ring (bicyclic) bond motifs is 1. The monoisotopic (exact) mass is 465 g/mol. The highest BCUT2D eigenvalue weighted by Crippen LogP contribution is 2.23. The van der Waals surface area contributed by atoms with Crippen LogP contribution in [-0.4, -0.2) is 56.3 Å². The maximum absolute atomic E-state index is 13.2. The minimum absolute atomic E-state index is 0.0207. The maximum atomic E-state index is 13.2. The fourth-order valence-corrected chi connectivity index (χ4v) is 5.73. The molecule has 1 fully saturated rings. The molecule has 33 heavy (non-hydrogen) atoms. The molecule has 0 saturated carbocycles. The van der Waals surface area contributed by atoms with E-state index < -0.39 is 10.0 Å². The van der Waals surface area contributed by atoms with Crippen LogP contribution in [0, 0.1) is 6.92 Å². The molecular weight excluding hydrogens is 434 g/mol. The summed E-state index contributed by atoms with van der Waals surface area (Å²) in [5.41, 5.74) is 2.29. The Morgan fingerprint density at radius 3 is 2.27 bits per heavy atom. The predicted octanol–water partition coefficient (Wildman–Crippen LogP) is 3.72. The minimum Gasteiger partial charge on any atom is -0.348 e. The van der Waals surface area contributed by atoms with E-state index in [1.54, 1.807) is 12.1 Å². The van der Waals surface area contributed by atoms with Crippen LogP contribution in [0.15, 0.2) is 71.6 Å². The standard InChI is InChI=1S/C26H31N3O3S/c1-3-25(22-10-8-20(2)9-11-22)27-26(30)19-28-14-16-29(17-15-28)33(31,32)24-13-12-21-6-4-5-7-23(21)18-24/h4-13,18,25H,3,14-17,19H2,1-2H3,(H,27,30)/t25-/m0/s1. The summed E-state index contributed by atoms with van der Waals surface area (Å²) in [7, 11) is -3.56. The third-order valence-corrected chi connectivity index (χ3v) is 8.18. The van der Waals surface area contributed by atoms with E-state index in [0.29, 0.717) is 31.1 Å². The van der Waals surface area contributed by atoms with Gasteiger partial charge in [-0.15, -0.1) is 0 Å². The molecular formula is C26H31N3O3S. The lowest BCUT2D eigenvalue weighted by Crippen LogP contribution is -2.51. The topological polar surface area (TPSA) is 69.7 Å². The molecule has 7 heteroatoms. The van der Waals surface area contributed by atoms with E-state index in [-0.39, 0.29) is 18.5 Å². The van der Waals surface area contributed by atoms with Crippen LogP contribution < -0.4 is 5.32 Å². The smallest absolute Gasteiger partial charge is 0.243 e. The van der Waals surface area contributed by atoms with Crippen LogP contribution in [0.4, 0.5) is 0 Å². The van der Waals surface area contributed by atoms with Gasteiger partial charge in [0.15, 0.2) is 0 Å². The number of sulfonamides is 1. The summed E-state index contributed by atoms with van der Waals surface area (Å²) in [6.45, 7) is 6.18. The molecule has 1 N–H and O–H groups in total. The van der Waals surface area contributed by atoms with E-state index >= 15 is 0 Å². The van der Waals surface area contributed by atoms with Gasteiger partial charge in [0.2, 0.25) is 15.9 Å². The van der Waals surface area contributed by atoms with Crippen LogP contribution in [0.25, 0.3) is 10.8 Å². The van der Waals surface area contributed by atoms with Crippen LogP contribution >= 0.6 is 0 Å². The number of benzene rings is 3. The molecule has 1 amide bonds. The van der Waals surface area contributed by atoms with E-state index in [0.717, 1.165) is 22.8 Å². The van der Waals surface area contributed by atoms with Gasteiger partial charge in [-0.25, -0.2) is 8.42 Å². The molecule has 0 aromatic heterocycles. The van der Waals surface area contributed by atoms with Crippen molar-refractivity contribution >= 4 is 26.7 Å². The van der Waals surface area contributed by atoms with E-state index in [1.807, 2.05) is 42.2 Å². The van der Waals surface area contributed by atoms with Gasteiger partial charge in [-0.3, -0.25) is 9.69 Å². The Hall–Kier alpha value is -2.74. The van der Waals surface area contributed by atoms with E-state index in [4.69, 9.17) is 0 Å². The Morgan fingerprint density at radius 1 is 0.939 bits per heavy atom. The zero-order valence-corrected chi connectivity index (χ0v) is 20.0. The summed E-state index contributed by atoms with van der Waals surface area (Å²) < 4.78 is 27.8. The van der Waals surface area contributed by atoms with Gasteiger partial charge in [0.1, 0.15) is 0 Å². The highest BCUT2D eigenvalue weighted by molar-refractivity contribution is 7.89. The first-order valence-corrected chi connectivity index (χ1v) is 12.9. The van der Waals surface area contributed by atoms with Crippen LogP contribution in [0.3, 0.4) is 0 Å². The Labute approximate surface area is 196 Å². The summed E-state index contributed by atoms with van der Waals surface area (Å²) >= 11 is 0. The summed E-state index contributed by atoms with van der Waals surface area (Å²) in [4.78, 5) is 15.0. The SMILES string of the molecule is CC[C@H](NC(=O)CN1CCN(S(=O)(=O)c2ccc3ccccc3c2)CC1)c1ccc(C)cc1. The van der Waals surface area contributed by atoms with Crippen LogP contribution in [0.1, 0.15) is 30.5 Å². The number of hydrogen-bond donors (Lipinski definition) is 1. The first-order chi connectivity index (χ1) is 15.9. The van der Waals surface area contributed by atoms with Gasteiger partial charge < -0.3 is 5.32 Å². The van der Waals surface area contributed by atoms with E-state index in [9.17, 15) is 13.2 Å². The number of piperazine rings is 1. The molecule has 1 saturated heterocycles. The predicted molar refractivity (Wildman–Crippen MR) is 132 cm³/mol. The lowest BCUT2D eigenvalue weighted by molar-refractivity contribution is -0.123. The summed E-state index contributed by atoms with van der Waals surface area (Å²) in [6, 6.07) is 21.2. The highest BCUT2D eigenvalue weighted by atomic mass is 32.2. The van der Waals surface area contributed by atoms with Gasteiger partial charge in [0.25, 0.3) is 0 Å². The van der Waals surface area contributed by atoms with Crippen LogP contribution in [0.2, 0.25) is 0 Å². The third kappa shape index (κ3) is 5.43. The van der Waals surface area contributed by atoms with Gasteiger partial charge in [-0.1, -0.05) is 67.1 Å². The van der Waals surface area contributed by atoms with Crippen molar-refractivity contribution < 1.29 is 13.2 Å². The lowest BCUT2D eigenvalue weighted by Gasteiger charge is -2.33. The third-order valence-electron chi connectivity index (χ3n) is 6.28. The second kappa shape index (κ2) is 10.0. The molecule has 1 heterocycles. The number of amides is 1. The Morgan fingerprint density at radius 2 is 1.61 bits per heavy atom. The molecule has 174 valence electrons. The Balaban J connectivity index is 1.34. The van der Waals surface area contributed by atoms with Crippen molar-refractivity contribution in [3.63, 3.8) is 0 Å². The average Bonchev–Trinajstić information content (AvgIpc) is 2.83. The average molecular weight is 466 g/mol. The largest absolute Gasteiger partial charge is 0.348 e. The van der Waals surface area contributed by atoms with Crippen molar-refractivity contribution in [2.24, 2.45) is 0 Å². The normalized spacial score (nSPS) is 16.5. The number of nitrogens with one attached hydrogen (secondary N) is 1. The van der Waals surface area contributed by atoms with Crippen molar-refractivity contribution in [1.82, 2.24) is 14.5 Å². The van der Waals surface area contributed by atoms with Gasteiger partial charge >= 0.3 is 0 Å². The van der Waals surface area contributed by atoms with Gasteiger partial charge in [-0.2, -0.15) is 4.31 Å². The van der Waals surface area contributed by atoms with Crippen LogP contribution in [0.5, 0.6) is 0 Å². The van der Waals surface area contributed by atoms with Crippen molar-refractivity contribution in [2.75, 3.05) is 32.7 Å². The number of nitrogens with zero attached hydrogens (tertiary/aromatic N) is 2.